The van der Waals surface area contributed by atoms with Crippen molar-refractivity contribution < 1.29 is 19.2 Å². The third kappa shape index (κ3) is 4.06. The maximum atomic E-state index is 12.2. The summed E-state index contributed by atoms with van der Waals surface area (Å²) in [4.78, 5) is 22.4. The molecule has 25 heavy (non-hydrogen) atoms. The molecule has 0 unspecified atom stereocenters. The maximum Gasteiger partial charge on any atom is 0.269 e. The summed E-state index contributed by atoms with van der Waals surface area (Å²) in [7, 11) is 0. The Labute approximate surface area is 144 Å². The van der Waals surface area contributed by atoms with Gasteiger partial charge in [-0.05, 0) is 30.2 Å². The largest absolute Gasteiger partial charge is 0.486 e. The van der Waals surface area contributed by atoms with Crippen LogP contribution in [0.15, 0.2) is 42.5 Å². The lowest BCUT2D eigenvalue weighted by Gasteiger charge is -2.21. The van der Waals surface area contributed by atoms with Gasteiger partial charge in [0.15, 0.2) is 11.5 Å². The lowest BCUT2D eigenvalue weighted by atomic mass is 10.1. The van der Waals surface area contributed by atoms with Crippen LogP contribution in [0.2, 0.25) is 0 Å². The summed E-state index contributed by atoms with van der Waals surface area (Å²) in [5.74, 6) is 1.23. The number of amides is 1. The van der Waals surface area contributed by atoms with Gasteiger partial charge >= 0.3 is 0 Å². The molecule has 3 rings (SSSR count). The fraction of sp³-hybridized carbons (Fsp3) is 0.278. The summed E-state index contributed by atoms with van der Waals surface area (Å²) in [6.07, 6.45) is 0.160. The molecule has 0 aromatic heterocycles. The van der Waals surface area contributed by atoms with Gasteiger partial charge in [0.2, 0.25) is 5.91 Å². The zero-order valence-corrected chi connectivity index (χ0v) is 13.7. The van der Waals surface area contributed by atoms with Crippen molar-refractivity contribution in [1.29, 1.82) is 0 Å². The fourth-order valence-corrected chi connectivity index (χ4v) is 2.63. The van der Waals surface area contributed by atoms with Gasteiger partial charge < -0.3 is 14.8 Å². The zero-order valence-electron chi connectivity index (χ0n) is 13.7. The molecule has 1 amide bonds. The molecular weight excluding hydrogens is 324 g/mol. The minimum absolute atomic E-state index is 0.00815. The first-order valence-electron chi connectivity index (χ1n) is 7.95. The van der Waals surface area contributed by atoms with Crippen LogP contribution < -0.4 is 14.8 Å². The van der Waals surface area contributed by atoms with E-state index in [4.69, 9.17) is 9.47 Å². The quantitative estimate of drug-likeness (QED) is 0.666. The highest BCUT2D eigenvalue weighted by Gasteiger charge is 2.16. The number of nitro groups is 1. The molecule has 1 aliphatic rings. The molecule has 1 atom stereocenters. The number of non-ortho nitro benzene ring substituents is 1. The molecule has 7 nitrogen and oxygen atoms in total. The number of rotatable bonds is 5. The number of carbonyl (C=O) groups excluding carboxylic acids is 1. The van der Waals surface area contributed by atoms with Gasteiger partial charge in [-0.1, -0.05) is 18.2 Å². The van der Waals surface area contributed by atoms with Gasteiger partial charge in [0.05, 0.1) is 17.4 Å². The normalized spacial score (nSPS) is 13.8. The molecule has 130 valence electrons. The average Bonchev–Trinajstić information content (AvgIpc) is 2.61. The smallest absolute Gasteiger partial charge is 0.269 e. The van der Waals surface area contributed by atoms with Gasteiger partial charge in [-0.25, -0.2) is 0 Å². The Morgan fingerprint density at radius 3 is 2.52 bits per heavy atom. The minimum Gasteiger partial charge on any atom is -0.486 e. The predicted molar refractivity (Wildman–Crippen MR) is 90.8 cm³/mol. The molecule has 2 aromatic carbocycles. The van der Waals surface area contributed by atoms with Crippen molar-refractivity contribution in [3.05, 3.63) is 63.7 Å². The van der Waals surface area contributed by atoms with E-state index in [0.29, 0.717) is 24.7 Å². The number of hydrogen-bond acceptors (Lipinski definition) is 5. The molecule has 0 aliphatic carbocycles. The van der Waals surface area contributed by atoms with Crippen molar-refractivity contribution in [1.82, 2.24) is 5.32 Å². The van der Waals surface area contributed by atoms with E-state index >= 15 is 0 Å². The summed E-state index contributed by atoms with van der Waals surface area (Å²) in [6.45, 7) is 2.93. The molecule has 0 radical (unpaired) electrons. The third-order valence-electron chi connectivity index (χ3n) is 3.96. The Kier molecular flexibility index (Phi) is 4.83. The number of nitro benzene ring substituents is 1. The van der Waals surface area contributed by atoms with Crippen molar-refractivity contribution in [2.24, 2.45) is 0 Å². The van der Waals surface area contributed by atoms with Crippen LogP contribution in [0.4, 0.5) is 5.69 Å². The van der Waals surface area contributed by atoms with Gasteiger partial charge in [-0.3, -0.25) is 14.9 Å². The number of benzene rings is 2. The molecule has 0 fully saturated rings. The van der Waals surface area contributed by atoms with E-state index in [0.717, 1.165) is 11.1 Å². The second kappa shape index (κ2) is 7.21. The van der Waals surface area contributed by atoms with Gasteiger partial charge in [-0.15, -0.1) is 0 Å². The highest BCUT2D eigenvalue weighted by molar-refractivity contribution is 5.79. The fourth-order valence-electron chi connectivity index (χ4n) is 2.63. The van der Waals surface area contributed by atoms with Gasteiger partial charge in [-0.2, -0.15) is 0 Å². The van der Waals surface area contributed by atoms with E-state index in [-0.39, 0.29) is 24.1 Å². The minimum atomic E-state index is -0.464. The predicted octanol–water partition coefficient (Wildman–Crippen LogP) is 2.79. The maximum absolute atomic E-state index is 12.2. The molecule has 1 heterocycles. The molecular formula is C18H18N2O5. The molecule has 1 N–H and O–H groups in total. The first kappa shape index (κ1) is 16.8. The van der Waals surface area contributed by atoms with Crippen LogP contribution in [-0.4, -0.2) is 24.0 Å². The van der Waals surface area contributed by atoms with Crippen molar-refractivity contribution >= 4 is 11.6 Å². The molecule has 0 spiro atoms. The van der Waals surface area contributed by atoms with E-state index in [2.05, 4.69) is 5.32 Å². The second-order valence-electron chi connectivity index (χ2n) is 5.79. The number of ether oxygens (including phenoxy) is 2. The summed E-state index contributed by atoms with van der Waals surface area (Å²) < 4.78 is 11.0. The van der Waals surface area contributed by atoms with Crippen molar-refractivity contribution in [2.45, 2.75) is 19.4 Å². The molecule has 0 saturated heterocycles. The van der Waals surface area contributed by atoms with Crippen molar-refractivity contribution in [3.63, 3.8) is 0 Å². The zero-order chi connectivity index (χ0) is 17.8. The molecule has 0 saturated carbocycles. The van der Waals surface area contributed by atoms with Crippen LogP contribution in [-0.2, 0) is 11.2 Å². The average molecular weight is 342 g/mol. The van der Waals surface area contributed by atoms with Crippen LogP contribution >= 0.6 is 0 Å². The van der Waals surface area contributed by atoms with Crippen LogP contribution in [0.5, 0.6) is 11.5 Å². The van der Waals surface area contributed by atoms with Crippen molar-refractivity contribution in [3.8, 4) is 11.5 Å². The Balaban J connectivity index is 1.61. The number of nitrogens with one attached hydrogen (secondary N) is 1. The van der Waals surface area contributed by atoms with Crippen LogP contribution in [0.1, 0.15) is 24.1 Å². The summed E-state index contributed by atoms with van der Waals surface area (Å²) in [5.41, 5.74) is 1.65. The van der Waals surface area contributed by atoms with E-state index < -0.39 is 4.92 Å². The molecule has 7 heteroatoms. The number of hydrogen-bond donors (Lipinski definition) is 1. The van der Waals surface area contributed by atoms with Crippen LogP contribution in [0, 0.1) is 10.1 Å². The van der Waals surface area contributed by atoms with E-state index in [1.165, 1.54) is 12.1 Å². The standard InChI is InChI=1S/C18H18N2O5/c1-12(14-4-7-16-17(11-14)25-9-8-24-16)19-18(21)10-13-2-5-15(6-3-13)20(22)23/h2-7,11-12H,8-10H2,1H3,(H,19,21)/t12-/m0/s1. The summed E-state index contributed by atoms with van der Waals surface area (Å²) >= 11 is 0. The van der Waals surface area contributed by atoms with Crippen molar-refractivity contribution in [2.75, 3.05) is 13.2 Å². The van der Waals surface area contributed by atoms with Crippen LogP contribution in [0.3, 0.4) is 0 Å². The molecule has 0 bridgehead atoms. The second-order valence-corrected chi connectivity index (χ2v) is 5.79. The van der Waals surface area contributed by atoms with E-state index in [1.807, 2.05) is 25.1 Å². The van der Waals surface area contributed by atoms with E-state index in [9.17, 15) is 14.9 Å². The highest BCUT2D eigenvalue weighted by Crippen LogP contribution is 2.32. The molecule has 1 aliphatic heterocycles. The summed E-state index contributed by atoms with van der Waals surface area (Å²) in [5, 5.41) is 13.6. The number of carbonyl (C=O) groups is 1. The Bertz CT molecular complexity index is 789. The first-order valence-corrected chi connectivity index (χ1v) is 7.95. The number of fused-ring (bicyclic) bond motifs is 1. The Morgan fingerprint density at radius 1 is 1.16 bits per heavy atom. The van der Waals surface area contributed by atoms with Gasteiger partial charge in [0.1, 0.15) is 13.2 Å². The molecule has 2 aromatic rings. The Morgan fingerprint density at radius 2 is 1.84 bits per heavy atom. The number of nitrogens with zero attached hydrogens (tertiary/aromatic N) is 1. The monoisotopic (exact) mass is 342 g/mol. The topological polar surface area (TPSA) is 90.7 Å². The first-order chi connectivity index (χ1) is 12.0. The van der Waals surface area contributed by atoms with Crippen LogP contribution in [0.25, 0.3) is 0 Å². The lowest BCUT2D eigenvalue weighted by molar-refractivity contribution is -0.384. The Hall–Kier alpha value is -3.09. The highest BCUT2D eigenvalue weighted by atomic mass is 16.6. The SMILES string of the molecule is C[C@H](NC(=O)Cc1ccc([N+](=O)[O-])cc1)c1ccc2c(c1)OCCO2. The van der Waals surface area contributed by atoms with Gasteiger partial charge in [0, 0.05) is 12.1 Å². The third-order valence-corrected chi connectivity index (χ3v) is 3.96. The van der Waals surface area contributed by atoms with Gasteiger partial charge in [0.25, 0.3) is 5.69 Å². The van der Waals surface area contributed by atoms with E-state index in [1.54, 1.807) is 12.1 Å². The summed E-state index contributed by atoms with van der Waals surface area (Å²) in [6, 6.07) is 11.4. The lowest BCUT2D eigenvalue weighted by Crippen LogP contribution is -2.28.